The summed E-state index contributed by atoms with van der Waals surface area (Å²) < 4.78 is 65.5. The van der Waals surface area contributed by atoms with Crippen molar-refractivity contribution in [3.8, 4) is 0 Å². The lowest BCUT2D eigenvalue weighted by molar-refractivity contribution is -0.870. The largest absolute Gasteiger partial charge is 0.457 e. The Kier molecular flexibility index (Phi) is 11.6. The van der Waals surface area contributed by atoms with Crippen LogP contribution in [0.15, 0.2) is 17.8 Å². The van der Waals surface area contributed by atoms with Crippen molar-refractivity contribution >= 4 is 27.8 Å². The summed E-state index contributed by atoms with van der Waals surface area (Å²) in [6, 6.07) is 0. The van der Waals surface area contributed by atoms with Crippen LogP contribution in [0.5, 0.6) is 0 Å². The summed E-state index contributed by atoms with van der Waals surface area (Å²) in [4.78, 5) is 13.1. The van der Waals surface area contributed by atoms with E-state index >= 15 is 0 Å². The van der Waals surface area contributed by atoms with Crippen LogP contribution in [0.3, 0.4) is 0 Å². The summed E-state index contributed by atoms with van der Waals surface area (Å²) in [5, 5.41) is 3.05. The fourth-order valence-electron chi connectivity index (χ4n) is 0.816. The van der Waals surface area contributed by atoms with Gasteiger partial charge in [-0.15, -0.1) is 5.10 Å². The normalized spacial score (nSPS) is 10.4. The second-order valence-electron chi connectivity index (χ2n) is 4.80. The van der Waals surface area contributed by atoms with Crippen molar-refractivity contribution in [3.63, 3.8) is 0 Å². The predicted octanol–water partition coefficient (Wildman–Crippen LogP) is -0.646. The molecule has 0 saturated heterocycles. The minimum atomic E-state index is -4.98. The zero-order valence-electron chi connectivity index (χ0n) is 13.1. The number of hydrogen-bond donors (Lipinski definition) is 1. The number of aromatic nitrogens is 3. The topological polar surface area (TPSA) is 136 Å². The van der Waals surface area contributed by atoms with Gasteiger partial charge in [0, 0.05) is 6.08 Å². The van der Waals surface area contributed by atoms with Crippen LogP contribution in [0.25, 0.3) is 0 Å². The third-order valence-corrected chi connectivity index (χ3v) is 2.45. The molecule has 0 aliphatic rings. The summed E-state index contributed by atoms with van der Waals surface area (Å²) in [6.07, 6.45) is -0.0634. The van der Waals surface area contributed by atoms with Crippen LogP contribution >= 0.6 is 0 Å². The molecule has 0 spiro atoms. The van der Waals surface area contributed by atoms with Gasteiger partial charge in [-0.25, -0.2) is 9.89 Å². The molecule has 0 bridgehead atoms. The number of rotatable bonds is 5. The molecular weight excluding hydrogens is 374 g/mol. The summed E-state index contributed by atoms with van der Waals surface area (Å²) >= 11 is -0.750. The standard InChI is InChI=1S/C8H16NO2.C2HF2N3O2S.O2S/c1-5-8(10)11-7-6-9(2,3)4;3-1-5-2(7-6-1)10(4,8)9;1-3-2/h5H,1,6-7H2,2-4H3;(H,5,6,7);/q+1;;. The van der Waals surface area contributed by atoms with E-state index in [1.165, 1.54) is 11.2 Å². The number of nitrogens with zero attached hydrogens (tertiary/aromatic N) is 3. The van der Waals surface area contributed by atoms with E-state index in [0.717, 1.165) is 11.0 Å². The van der Waals surface area contributed by atoms with E-state index in [9.17, 15) is 21.5 Å². The second-order valence-corrected chi connectivity index (χ2v) is 6.18. The maximum absolute atomic E-state index is 11.8. The van der Waals surface area contributed by atoms with Crippen molar-refractivity contribution < 1.29 is 39.1 Å². The monoisotopic (exact) mass is 391 g/mol. The average molecular weight is 391 g/mol. The number of carbonyl (C=O) groups excluding carboxylic acids is 1. The van der Waals surface area contributed by atoms with Crippen LogP contribution in [0.1, 0.15) is 0 Å². The van der Waals surface area contributed by atoms with Gasteiger partial charge >= 0.3 is 39.0 Å². The van der Waals surface area contributed by atoms with E-state index in [4.69, 9.17) is 13.2 Å². The van der Waals surface area contributed by atoms with E-state index in [1.54, 1.807) is 0 Å². The molecule has 0 unspecified atom stereocenters. The van der Waals surface area contributed by atoms with Crippen molar-refractivity contribution in [1.82, 2.24) is 15.2 Å². The van der Waals surface area contributed by atoms with Crippen LogP contribution < -0.4 is 0 Å². The summed E-state index contributed by atoms with van der Waals surface area (Å²) in [5.41, 5.74) is 0. The molecule has 24 heavy (non-hydrogen) atoms. The van der Waals surface area contributed by atoms with E-state index < -0.39 is 33.0 Å². The molecule has 14 heteroatoms. The third kappa shape index (κ3) is 14.9. The Labute approximate surface area is 140 Å². The first-order valence-electron chi connectivity index (χ1n) is 5.91. The predicted molar refractivity (Wildman–Crippen MR) is 77.6 cm³/mol. The lowest BCUT2D eigenvalue weighted by atomic mass is 10.5. The Balaban J connectivity index is 0. The highest BCUT2D eigenvalue weighted by molar-refractivity contribution is 7.86. The van der Waals surface area contributed by atoms with Crippen molar-refractivity contribution in [2.45, 2.75) is 5.16 Å². The number of hydrogen-bond acceptors (Lipinski definition) is 8. The number of carbonyl (C=O) groups is 1. The lowest BCUT2D eigenvalue weighted by Crippen LogP contribution is -2.37. The highest BCUT2D eigenvalue weighted by Gasteiger charge is 2.18. The van der Waals surface area contributed by atoms with Gasteiger partial charge < -0.3 is 9.22 Å². The molecule has 0 saturated carbocycles. The number of likely N-dealkylation sites (N-methyl/N-ethyl adjacent to an activating group) is 1. The number of nitrogens with one attached hydrogen (secondary N) is 1. The molecule has 0 amide bonds. The number of H-pyrrole nitrogens is 1. The molecule has 1 aromatic heterocycles. The third-order valence-electron chi connectivity index (χ3n) is 1.83. The maximum atomic E-state index is 11.8. The second kappa shape index (κ2) is 11.5. The van der Waals surface area contributed by atoms with Crippen LogP contribution in [0.2, 0.25) is 0 Å². The molecule has 0 fully saturated rings. The highest BCUT2D eigenvalue weighted by Crippen LogP contribution is 2.03. The smallest absolute Gasteiger partial charge is 0.370 e. The minimum Gasteiger partial charge on any atom is -0.457 e. The van der Waals surface area contributed by atoms with Gasteiger partial charge in [0.2, 0.25) is 0 Å². The van der Waals surface area contributed by atoms with E-state index in [1.807, 2.05) is 21.1 Å². The lowest BCUT2D eigenvalue weighted by Gasteiger charge is -2.23. The molecule has 1 N–H and O–H groups in total. The van der Waals surface area contributed by atoms with Crippen molar-refractivity contribution in [2.24, 2.45) is 0 Å². The Hall–Kier alpha value is -2.06. The first kappa shape index (κ1) is 24.2. The Morgan fingerprint density at radius 2 is 1.92 bits per heavy atom. The SMILES string of the molecule is C=CC(=O)OCC[N+](C)(C)C.O=S(=O)(F)c1n[nH]c(F)n1.O=S=O. The number of esters is 1. The molecule has 0 aliphatic heterocycles. The van der Waals surface area contributed by atoms with Gasteiger partial charge in [-0.05, 0) is 0 Å². The molecule has 10 nitrogen and oxygen atoms in total. The van der Waals surface area contributed by atoms with Gasteiger partial charge in [-0.3, -0.25) is 0 Å². The van der Waals surface area contributed by atoms with Gasteiger partial charge in [-0.2, -0.15) is 26.2 Å². The molecule has 1 aromatic rings. The van der Waals surface area contributed by atoms with Gasteiger partial charge in [0.25, 0.3) is 0 Å². The van der Waals surface area contributed by atoms with Crippen LogP contribution in [-0.2, 0) is 31.3 Å². The summed E-state index contributed by atoms with van der Waals surface area (Å²) in [7, 11) is 1.15. The summed E-state index contributed by atoms with van der Waals surface area (Å²) in [6.45, 7) is 4.57. The highest BCUT2D eigenvalue weighted by atomic mass is 32.3. The van der Waals surface area contributed by atoms with Gasteiger partial charge in [0.1, 0.15) is 13.2 Å². The van der Waals surface area contributed by atoms with Crippen LogP contribution in [0, 0.1) is 6.08 Å². The molecule has 1 heterocycles. The molecule has 0 aromatic carbocycles. The molecule has 1 rings (SSSR count). The zero-order chi connectivity index (χ0) is 19.4. The Morgan fingerprint density at radius 1 is 1.42 bits per heavy atom. The molecule has 0 radical (unpaired) electrons. The first-order valence-corrected chi connectivity index (χ1v) is 7.96. The molecule has 0 aliphatic carbocycles. The number of quaternary nitrogens is 1. The Bertz CT molecular complexity index is 665. The quantitative estimate of drug-likeness (QED) is 0.303. The van der Waals surface area contributed by atoms with E-state index in [2.05, 4.69) is 16.7 Å². The Morgan fingerprint density at radius 3 is 2.17 bits per heavy atom. The van der Waals surface area contributed by atoms with E-state index in [0.29, 0.717) is 6.61 Å². The van der Waals surface area contributed by atoms with Crippen LogP contribution in [0.4, 0.5) is 8.28 Å². The van der Waals surface area contributed by atoms with Crippen molar-refractivity contribution in [2.75, 3.05) is 34.3 Å². The van der Waals surface area contributed by atoms with Gasteiger partial charge in [0.15, 0.2) is 0 Å². The fourth-order valence-corrected chi connectivity index (χ4v) is 1.16. The average Bonchev–Trinajstić information content (AvgIpc) is 2.85. The molecule has 138 valence electrons. The molecular formula is C10H17F2N4O6S2+. The van der Waals surface area contributed by atoms with Crippen molar-refractivity contribution in [3.05, 3.63) is 18.7 Å². The zero-order valence-corrected chi connectivity index (χ0v) is 14.7. The van der Waals surface area contributed by atoms with Gasteiger partial charge in [0.05, 0.1) is 21.1 Å². The number of ether oxygens (including phenoxy) is 1. The molecule has 0 atom stereocenters. The fraction of sp³-hybridized carbons (Fsp3) is 0.500. The van der Waals surface area contributed by atoms with Crippen LogP contribution in [-0.4, -0.2) is 76.8 Å². The maximum Gasteiger partial charge on any atom is 0.370 e. The first-order chi connectivity index (χ1) is 10.9. The number of halogens is 2. The van der Waals surface area contributed by atoms with Crippen molar-refractivity contribution in [1.29, 1.82) is 0 Å². The summed E-state index contributed by atoms with van der Waals surface area (Å²) in [5.74, 6) is -0.349. The van der Waals surface area contributed by atoms with Gasteiger partial charge in [-0.1, -0.05) is 10.5 Å². The minimum absolute atomic E-state index is 0.349. The number of aromatic amines is 1. The van der Waals surface area contributed by atoms with E-state index in [-0.39, 0.29) is 5.97 Å².